The maximum Gasteiger partial charge on any atom is 0.259 e. The van der Waals surface area contributed by atoms with Crippen LogP contribution in [0.25, 0.3) is 0 Å². The molecule has 102 valence electrons. The monoisotopic (exact) mass is 263 g/mol. The number of fused-ring (bicyclic) bond motifs is 1. The van der Waals surface area contributed by atoms with Gasteiger partial charge in [0.2, 0.25) is 0 Å². The molecule has 19 heavy (non-hydrogen) atoms. The number of ether oxygens (including phenoxy) is 1. The molecule has 1 aromatic rings. The summed E-state index contributed by atoms with van der Waals surface area (Å²) in [6.45, 7) is 3.29. The maximum atomic E-state index is 12.3. The Morgan fingerprint density at radius 3 is 2.58 bits per heavy atom. The molecule has 0 radical (unpaired) electrons. The summed E-state index contributed by atoms with van der Waals surface area (Å²) in [5, 5.41) is 20.4. The van der Waals surface area contributed by atoms with Crippen molar-refractivity contribution in [1.29, 1.82) is 0 Å². The molecule has 3 unspecified atom stereocenters. The molecule has 5 nitrogen and oxygen atoms in total. The number of hydrogen-bond donors (Lipinski definition) is 2. The molecule has 4 atom stereocenters. The van der Waals surface area contributed by atoms with Gasteiger partial charge in [0.05, 0.1) is 12.1 Å². The summed E-state index contributed by atoms with van der Waals surface area (Å²) < 4.78 is 5.68. The summed E-state index contributed by atoms with van der Waals surface area (Å²) in [5.41, 5.74) is -1.81. The van der Waals surface area contributed by atoms with Gasteiger partial charge in [-0.15, -0.1) is 0 Å². The van der Waals surface area contributed by atoms with E-state index in [4.69, 9.17) is 4.74 Å². The second kappa shape index (κ2) is 3.79. The first-order valence-corrected chi connectivity index (χ1v) is 6.30. The third-order valence-corrected chi connectivity index (χ3v) is 4.18. The average molecular weight is 263 g/mol. The van der Waals surface area contributed by atoms with E-state index in [0.29, 0.717) is 0 Å². The number of hydrogen-bond acceptors (Lipinski definition) is 4. The maximum absolute atomic E-state index is 12.3. The van der Waals surface area contributed by atoms with Gasteiger partial charge in [-0.25, -0.2) is 0 Å². The number of aliphatic hydroxyl groups excluding tert-OH is 1. The Bertz CT molecular complexity index is 515. The van der Waals surface area contributed by atoms with Crippen LogP contribution in [0.1, 0.15) is 25.6 Å². The molecule has 2 aliphatic heterocycles. The molecule has 2 N–H and O–H groups in total. The van der Waals surface area contributed by atoms with E-state index in [1.54, 1.807) is 6.92 Å². The van der Waals surface area contributed by atoms with Gasteiger partial charge >= 0.3 is 0 Å². The van der Waals surface area contributed by atoms with Crippen LogP contribution in [0.15, 0.2) is 30.3 Å². The molecule has 0 spiro atoms. The van der Waals surface area contributed by atoms with Gasteiger partial charge < -0.3 is 14.9 Å². The summed E-state index contributed by atoms with van der Waals surface area (Å²) >= 11 is 0. The van der Waals surface area contributed by atoms with E-state index in [0.717, 1.165) is 5.56 Å². The summed E-state index contributed by atoms with van der Waals surface area (Å²) in [7, 11) is 0. The lowest BCUT2D eigenvalue weighted by Crippen LogP contribution is -2.50. The molecule has 0 bridgehead atoms. The lowest BCUT2D eigenvalue weighted by atomic mass is 9.89. The van der Waals surface area contributed by atoms with Gasteiger partial charge in [-0.3, -0.25) is 9.69 Å². The first-order valence-electron chi connectivity index (χ1n) is 6.30. The lowest BCUT2D eigenvalue weighted by Gasteiger charge is -2.30. The predicted molar refractivity (Wildman–Crippen MR) is 67.0 cm³/mol. The predicted octanol–water partition coefficient (Wildman–Crippen LogP) is 0.428. The van der Waals surface area contributed by atoms with Crippen molar-refractivity contribution in [3.63, 3.8) is 0 Å². The van der Waals surface area contributed by atoms with E-state index < -0.39 is 29.4 Å². The first-order chi connectivity index (χ1) is 8.89. The number of carbonyl (C=O) groups is 1. The van der Waals surface area contributed by atoms with Crippen molar-refractivity contribution in [2.45, 2.75) is 37.3 Å². The summed E-state index contributed by atoms with van der Waals surface area (Å²) in [6.07, 6.45) is -1.72. The van der Waals surface area contributed by atoms with Crippen molar-refractivity contribution in [2.75, 3.05) is 6.61 Å². The zero-order valence-electron chi connectivity index (χ0n) is 10.9. The Kier molecular flexibility index (Phi) is 2.51. The zero-order chi connectivity index (χ0) is 13.8. The number of carbonyl (C=O) groups excluding carboxylic acids is 1. The van der Waals surface area contributed by atoms with Crippen LogP contribution in [0.3, 0.4) is 0 Å². The summed E-state index contributed by atoms with van der Waals surface area (Å²) in [5.74, 6) is -0.492. The van der Waals surface area contributed by atoms with Gasteiger partial charge in [0.25, 0.3) is 5.91 Å². The van der Waals surface area contributed by atoms with Gasteiger partial charge in [0.1, 0.15) is 6.10 Å². The molecular formula is C14H17NO4. The van der Waals surface area contributed by atoms with Crippen LogP contribution in [-0.4, -0.2) is 44.9 Å². The third kappa shape index (κ3) is 1.49. The highest BCUT2D eigenvalue weighted by Crippen LogP contribution is 2.47. The van der Waals surface area contributed by atoms with Crippen LogP contribution in [0.4, 0.5) is 0 Å². The fraction of sp³-hybridized carbons (Fsp3) is 0.500. The normalized spacial score (nSPS) is 41.7. The van der Waals surface area contributed by atoms with Gasteiger partial charge in [-0.05, 0) is 13.8 Å². The highest BCUT2D eigenvalue weighted by Gasteiger charge is 2.66. The van der Waals surface area contributed by atoms with Crippen LogP contribution in [0.2, 0.25) is 0 Å². The van der Waals surface area contributed by atoms with E-state index in [2.05, 4.69) is 0 Å². The van der Waals surface area contributed by atoms with Crippen LogP contribution in [0.5, 0.6) is 0 Å². The first kappa shape index (κ1) is 12.6. The van der Waals surface area contributed by atoms with E-state index in [9.17, 15) is 15.0 Å². The number of nitrogens with zero attached hydrogens (tertiary/aromatic N) is 1. The molecule has 2 saturated heterocycles. The minimum atomic E-state index is -1.76. The fourth-order valence-corrected chi connectivity index (χ4v) is 3.04. The largest absolute Gasteiger partial charge is 0.387 e. The Morgan fingerprint density at radius 1 is 1.32 bits per heavy atom. The molecule has 0 aliphatic carbocycles. The van der Waals surface area contributed by atoms with Gasteiger partial charge in [0.15, 0.2) is 11.8 Å². The molecule has 0 aromatic heterocycles. The van der Waals surface area contributed by atoms with Crippen molar-refractivity contribution in [2.24, 2.45) is 0 Å². The third-order valence-electron chi connectivity index (χ3n) is 4.18. The number of amides is 1. The average Bonchev–Trinajstić information content (AvgIpc) is 2.81. The molecule has 0 saturated carbocycles. The van der Waals surface area contributed by atoms with Crippen LogP contribution in [-0.2, 0) is 9.53 Å². The van der Waals surface area contributed by atoms with E-state index in [-0.39, 0.29) is 6.61 Å². The Morgan fingerprint density at radius 2 is 1.95 bits per heavy atom. The quantitative estimate of drug-likeness (QED) is 0.771. The second-order valence-electron chi connectivity index (χ2n) is 5.66. The number of rotatable bonds is 1. The van der Waals surface area contributed by atoms with Gasteiger partial charge in [-0.2, -0.15) is 0 Å². The van der Waals surface area contributed by atoms with E-state index in [1.807, 2.05) is 30.3 Å². The summed E-state index contributed by atoms with van der Waals surface area (Å²) in [6, 6.07) is 9.34. The van der Waals surface area contributed by atoms with Gasteiger partial charge in [-0.1, -0.05) is 30.3 Å². The Hall–Kier alpha value is -1.43. The standard InChI is InChI=1S/C14H17NO4/c1-13-8-19-10(9-6-4-3-5-7-9)15(13)12(17)14(2,18)11(13)16/h3-7,10-11,16,18H,8H2,1-2H3/t10?,11?,13-,14?/m0/s1. The highest BCUT2D eigenvalue weighted by atomic mass is 16.5. The molecule has 2 aliphatic rings. The van der Waals surface area contributed by atoms with Crippen LogP contribution < -0.4 is 0 Å². The minimum Gasteiger partial charge on any atom is -0.387 e. The Labute approximate surface area is 111 Å². The summed E-state index contributed by atoms with van der Waals surface area (Å²) in [4.78, 5) is 13.8. The molecular weight excluding hydrogens is 246 g/mol. The van der Waals surface area contributed by atoms with Crippen LogP contribution in [0, 0.1) is 0 Å². The number of benzene rings is 1. The van der Waals surface area contributed by atoms with Crippen molar-refractivity contribution < 1.29 is 19.7 Å². The zero-order valence-corrected chi connectivity index (χ0v) is 10.9. The van der Waals surface area contributed by atoms with Crippen molar-refractivity contribution in [1.82, 2.24) is 4.90 Å². The minimum absolute atomic E-state index is 0.204. The SMILES string of the molecule is CC1(O)C(=O)N2C(c3ccccc3)OC[C@@]2(C)C1O. The molecule has 1 amide bonds. The fourth-order valence-electron chi connectivity index (χ4n) is 3.04. The molecule has 1 aromatic carbocycles. The smallest absolute Gasteiger partial charge is 0.259 e. The van der Waals surface area contributed by atoms with Crippen molar-refractivity contribution >= 4 is 5.91 Å². The molecule has 3 rings (SSSR count). The van der Waals surface area contributed by atoms with E-state index in [1.165, 1.54) is 11.8 Å². The molecule has 5 heteroatoms. The van der Waals surface area contributed by atoms with Crippen LogP contribution >= 0.6 is 0 Å². The highest BCUT2D eigenvalue weighted by molar-refractivity contribution is 5.90. The number of aliphatic hydroxyl groups is 2. The second-order valence-corrected chi connectivity index (χ2v) is 5.66. The van der Waals surface area contributed by atoms with Gasteiger partial charge in [0, 0.05) is 5.56 Å². The Balaban J connectivity index is 2.04. The van der Waals surface area contributed by atoms with E-state index >= 15 is 0 Å². The molecule has 2 heterocycles. The van der Waals surface area contributed by atoms with Crippen molar-refractivity contribution in [3.8, 4) is 0 Å². The molecule has 2 fully saturated rings. The van der Waals surface area contributed by atoms with Crippen molar-refractivity contribution in [3.05, 3.63) is 35.9 Å². The lowest BCUT2D eigenvalue weighted by molar-refractivity contribution is -0.152. The topological polar surface area (TPSA) is 70.0 Å².